The van der Waals surface area contributed by atoms with Gasteiger partial charge in [0, 0.05) is 0 Å². The summed E-state index contributed by atoms with van der Waals surface area (Å²) in [6.07, 6.45) is 5.26. The molecular weight excluding hydrogens is 715 g/mol. The fourth-order valence-corrected chi connectivity index (χ4v) is 16.8. The van der Waals surface area contributed by atoms with Crippen molar-refractivity contribution in [3.8, 4) is 11.1 Å². The Bertz CT molecular complexity index is 1820. The summed E-state index contributed by atoms with van der Waals surface area (Å²) in [6.45, 7) is 28.2. The third kappa shape index (κ3) is 7.81. The summed E-state index contributed by atoms with van der Waals surface area (Å²) >= 11 is -2.90. The first kappa shape index (κ1) is 39.5. The molecular formula is C46H54Cl2Zr. The molecule has 4 aromatic carbocycles. The maximum Gasteiger partial charge on any atom is -1.00 e. The molecule has 0 aromatic heterocycles. The van der Waals surface area contributed by atoms with Gasteiger partial charge in [-0.15, -0.1) is 0 Å². The van der Waals surface area contributed by atoms with Crippen molar-refractivity contribution in [2.75, 3.05) is 0 Å². The van der Waals surface area contributed by atoms with Gasteiger partial charge in [-0.3, -0.25) is 0 Å². The SMILES string of the molecule is Cc1ccc([C](c2ccc(C)cc2)=[Zr+2]([C]2=CC(C(C)(C)C)=CC2C)[CH]2c3cc(C(C)(C)C)ccc3-c3ccc(C(C)(C)C)cc32)cc1.[Cl-].[Cl-]. The van der Waals surface area contributed by atoms with Crippen LogP contribution >= 0.6 is 0 Å². The molecule has 1 unspecified atom stereocenters. The first-order valence-electron chi connectivity index (χ1n) is 17.6. The normalized spacial score (nSPS) is 15.6. The molecule has 2 aliphatic rings. The fourth-order valence-electron chi connectivity index (χ4n) is 7.37. The van der Waals surface area contributed by atoms with Crippen LogP contribution in [0.15, 0.2) is 106 Å². The van der Waals surface area contributed by atoms with Crippen LogP contribution in [0.25, 0.3) is 11.1 Å². The maximum atomic E-state index is 2.67. The zero-order valence-corrected chi connectivity index (χ0v) is 35.6. The predicted octanol–water partition coefficient (Wildman–Crippen LogP) is 6.37. The molecule has 0 nitrogen and oxygen atoms in total. The van der Waals surface area contributed by atoms with Gasteiger partial charge in [0.25, 0.3) is 0 Å². The summed E-state index contributed by atoms with van der Waals surface area (Å²) in [5.74, 6) is 0.425. The van der Waals surface area contributed by atoms with Crippen molar-refractivity contribution < 1.29 is 46.1 Å². The Morgan fingerprint density at radius 2 is 0.959 bits per heavy atom. The number of hydrogen-bond donors (Lipinski definition) is 0. The zero-order chi connectivity index (χ0) is 34.1. The quantitative estimate of drug-likeness (QED) is 0.227. The van der Waals surface area contributed by atoms with Crippen LogP contribution in [0.1, 0.15) is 117 Å². The molecule has 0 aliphatic heterocycles. The van der Waals surface area contributed by atoms with Gasteiger partial charge in [-0.2, -0.15) is 0 Å². The van der Waals surface area contributed by atoms with Gasteiger partial charge in [0.15, 0.2) is 0 Å². The van der Waals surface area contributed by atoms with Crippen molar-refractivity contribution in [3.63, 3.8) is 0 Å². The summed E-state index contributed by atoms with van der Waals surface area (Å²) < 4.78 is 3.73. The maximum absolute atomic E-state index is 2.90. The van der Waals surface area contributed by atoms with Crippen LogP contribution in [0.4, 0.5) is 0 Å². The van der Waals surface area contributed by atoms with Crippen molar-refractivity contribution >= 4 is 3.21 Å². The largest absolute Gasteiger partial charge is 1.00 e. The van der Waals surface area contributed by atoms with Gasteiger partial charge in [0.1, 0.15) is 0 Å². The molecule has 0 amide bonds. The number of fused-ring (bicyclic) bond motifs is 3. The van der Waals surface area contributed by atoms with Crippen LogP contribution in [0.2, 0.25) is 0 Å². The molecule has 0 heterocycles. The van der Waals surface area contributed by atoms with Crippen LogP contribution in [0.5, 0.6) is 0 Å². The van der Waals surface area contributed by atoms with E-state index in [9.17, 15) is 0 Å². The van der Waals surface area contributed by atoms with Gasteiger partial charge in [-0.05, 0) is 0 Å². The number of benzene rings is 4. The summed E-state index contributed by atoms with van der Waals surface area (Å²) in [5, 5.41) is 0. The summed E-state index contributed by atoms with van der Waals surface area (Å²) in [6, 6.07) is 33.9. The van der Waals surface area contributed by atoms with E-state index in [1.54, 1.807) is 17.6 Å². The van der Waals surface area contributed by atoms with E-state index >= 15 is 0 Å². The fraction of sp³-hybridized carbons (Fsp3) is 0.370. The molecule has 2 aliphatic carbocycles. The Labute approximate surface area is 317 Å². The standard InChI is InChI=1S/C21H25.C15H14.C10H15.2ClH.Zr/c1-20(2,3)16-7-9-18-14(12-16)11-15-13-17(21(4,5)6)8-10-19(15)18;1-12-3-7-14(8-4-12)11-15-9-5-13(2)6-10-15;1-8-5-6-9(7-8)10(2,3)4;;;/h7-13H,1-6H3;3-10H,1-2H3;6-8H,1-4H3;2*1H;/q;;;;;+2/p-2. The van der Waals surface area contributed by atoms with E-state index in [0.29, 0.717) is 9.54 Å². The van der Waals surface area contributed by atoms with Crippen LogP contribution in [-0.4, -0.2) is 3.21 Å². The van der Waals surface area contributed by atoms with E-state index in [2.05, 4.69) is 180 Å². The Morgan fingerprint density at radius 3 is 1.31 bits per heavy atom. The van der Waals surface area contributed by atoms with Gasteiger partial charge < -0.3 is 24.8 Å². The van der Waals surface area contributed by atoms with Crippen LogP contribution in [-0.2, 0) is 32.1 Å². The van der Waals surface area contributed by atoms with E-state index in [4.69, 9.17) is 0 Å². The number of hydrogen-bond acceptors (Lipinski definition) is 0. The third-order valence-electron chi connectivity index (χ3n) is 10.4. The molecule has 0 saturated carbocycles. The number of allylic oxidation sites excluding steroid dienone is 4. The monoisotopic (exact) mass is 766 g/mol. The molecule has 0 spiro atoms. The molecule has 49 heavy (non-hydrogen) atoms. The van der Waals surface area contributed by atoms with Gasteiger partial charge in [-0.25, -0.2) is 0 Å². The van der Waals surface area contributed by atoms with Crippen molar-refractivity contribution in [2.45, 2.75) is 97.5 Å². The molecule has 0 fully saturated rings. The first-order chi connectivity index (χ1) is 21.9. The molecule has 0 N–H and O–H groups in total. The van der Waals surface area contributed by atoms with E-state index < -0.39 is 21.3 Å². The number of halogens is 2. The molecule has 6 rings (SSSR count). The van der Waals surface area contributed by atoms with E-state index in [1.165, 1.54) is 50.1 Å². The second kappa shape index (κ2) is 14.4. The van der Waals surface area contributed by atoms with E-state index in [1.807, 2.05) is 0 Å². The van der Waals surface area contributed by atoms with E-state index in [0.717, 1.165) is 0 Å². The Kier molecular flexibility index (Phi) is 11.6. The Balaban J connectivity index is 0.00000270. The Hall–Kier alpha value is -2.31. The molecule has 256 valence electrons. The third-order valence-corrected chi connectivity index (χ3v) is 19.1. The molecule has 4 aromatic rings. The second-order valence-electron chi connectivity index (χ2n) is 17.3. The Morgan fingerprint density at radius 1 is 0.551 bits per heavy atom. The van der Waals surface area contributed by atoms with Gasteiger partial charge in [0.05, 0.1) is 0 Å². The van der Waals surface area contributed by atoms with Gasteiger partial charge in [0.2, 0.25) is 0 Å². The minimum absolute atomic E-state index is 0. The van der Waals surface area contributed by atoms with Crippen molar-refractivity contribution in [2.24, 2.45) is 11.3 Å². The first-order valence-corrected chi connectivity index (χ1v) is 21.4. The summed E-state index contributed by atoms with van der Waals surface area (Å²) in [7, 11) is 0. The molecule has 0 saturated heterocycles. The van der Waals surface area contributed by atoms with Gasteiger partial charge in [-0.1, -0.05) is 0 Å². The van der Waals surface area contributed by atoms with Crippen molar-refractivity contribution in [3.05, 3.63) is 150 Å². The minimum Gasteiger partial charge on any atom is -1.00 e. The van der Waals surface area contributed by atoms with Crippen molar-refractivity contribution in [1.29, 1.82) is 0 Å². The smallest absolute Gasteiger partial charge is 1.00 e. The minimum atomic E-state index is -2.90. The topological polar surface area (TPSA) is 0 Å². The van der Waals surface area contributed by atoms with Crippen LogP contribution in [0, 0.1) is 25.2 Å². The van der Waals surface area contributed by atoms with Crippen LogP contribution < -0.4 is 24.8 Å². The zero-order valence-electron chi connectivity index (χ0n) is 31.6. The average Bonchev–Trinajstić information content (AvgIpc) is 3.54. The molecule has 3 heteroatoms. The second-order valence-corrected chi connectivity index (χ2v) is 23.4. The van der Waals surface area contributed by atoms with Crippen molar-refractivity contribution in [1.82, 2.24) is 0 Å². The molecule has 0 radical (unpaired) electrons. The predicted molar refractivity (Wildman–Crippen MR) is 201 cm³/mol. The van der Waals surface area contributed by atoms with Gasteiger partial charge >= 0.3 is 295 Å². The molecule has 0 bridgehead atoms. The number of aryl methyl sites for hydroxylation is 2. The average molecular weight is 769 g/mol. The summed E-state index contributed by atoms with van der Waals surface area (Å²) in [4.78, 5) is 0. The summed E-state index contributed by atoms with van der Waals surface area (Å²) in [5.41, 5.74) is 16.1. The number of rotatable bonds is 4. The molecule has 1 atom stereocenters. The van der Waals surface area contributed by atoms with Crippen LogP contribution in [0.3, 0.4) is 0 Å². The van der Waals surface area contributed by atoms with E-state index in [-0.39, 0.29) is 41.1 Å².